The van der Waals surface area contributed by atoms with Crippen LogP contribution in [0.3, 0.4) is 0 Å². The number of nitrogens with one attached hydrogen (secondary N) is 2. The SMILES string of the molecule is COCC1(CNC(=O)CCn2ncc(=O)c3ccccc32)CCNCC1.Cl. The van der Waals surface area contributed by atoms with E-state index in [0.29, 0.717) is 31.5 Å². The van der Waals surface area contributed by atoms with Crippen LogP contribution in [0.5, 0.6) is 0 Å². The molecule has 1 aliphatic rings. The minimum atomic E-state index is -0.103. The summed E-state index contributed by atoms with van der Waals surface area (Å²) < 4.78 is 7.10. The van der Waals surface area contributed by atoms with Gasteiger partial charge in [-0.25, -0.2) is 0 Å². The van der Waals surface area contributed by atoms with Crippen molar-refractivity contribution in [2.24, 2.45) is 5.41 Å². The molecule has 2 N–H and O–H groups in total. The minimum absolute atomic E-state index is 0. The molecule has 1 saturated heterocycles. The number of aryl methyl sites for hydroxylation is 1. The van der Waals surface area contributed by atoms with Gasteiger partial charge in [-0.2, -0.15) is 5.10 Å². The van der Waals surface area contributed by atoms with Gasteiger partial charge in [0.2, 0.25) is 11.3 Å². The van der Waals surface area contributed by atoms with Gasteiger partial charge in [0.1, 0.15) is 0 Å². The number of piperidine rings is 1. The van der Waals surface area contributed by atoms with E-state index in [1.807, 2.05) is 18.2 Å². The summed E-state index contributed by atoms with van der Waals surface area (Å²) in [7, 11) is 1.71. The molecule has 0 unspecified atom stereocenters. The molecule has 7 nitrogen and oxygen atoms in total. The van der Waals surface area contributed by atoms with Gasteiger partial charge in [0.15, 0.2) is 0 Å². The van der Waals surface area contributed by atoms with Crippen LogP contribution in [-0.2, 0) is 16.1 Å². The number of para-hydroxylation sites is 1. The van der Waals surface area contributed by atoms with E-state index in [9.17, 15) is 9.59 Å². The number of ether oxygens (including phenoxy) is 1. The third kappa shape index (κ3) is 5.28. The van der Waals surface area contributed by atoms with E-state index in [2.05, 4.69) is 15.7 Å². The van der Waals surface area contributed by atoms with Gasteiger partial charge in [0.05, 0.1) is 24.9 Å². The third-order valence-electron chi connectivity index (χ3n) is 5.09. The lowest BCUT2D eigenvalue weighted by molar-refractivity contribution is -0.122. The zero-order valence-electron chi connectivity index (χ0n) is 15.6. The number of aromatic nitrogens is 2. The summed E-state index contributed by atoms with van der Waals surface area (Å²) in [5, 5.41) is 11.2. The number of rotatable bonds is 7. The highest BCUT2D eigenvalue weighted by Gasteiger charge is 2.32. The largest absolute Gasteiger partial charge is 0.384 e. The van der Waals surface area contributed by atoms with E-state index >= 15 is 0 Å². The van der Waals surface area contributed by atoms with Crippen LogP contribution in [0.25, 0.3) is 10.9 Å². The molecule has 0 radical (unpaired) electrons. The van der Waals surface area contributed by atoms with Gasteiger partial charge < -0.3 is 15.4 Å². The van der Waals surface area contributed by atoms with Crippen molar-refractivity contribution in [2.75, 3.05) is 33.4 Å². The standard InChI is InChI=1S/C19H26N4O3.ClH/c1-26-14-19(7-9-20-10-8-19)13-21-18(25)6-11-23-16-5-3-2-4-15(16)17(24)12-22-23;/h2-5,12,20H,6-11,13-14H2,1H3,(H,21,25);1H. The number of amides is 1. The number of halogens is 1. The summed E-state index contributed by atoms with van der Waals surface area (Å²) in [6.45, 7) is 3.62. The Morgan fingerprint density at radius 3 is 2.81 bits per heavy atom. The molecule has 0 spiro atoms. The normalized spacial score (nSPS) is 15.9. The molecule has 1 aromatic carbocycles. The first-order valence-electron chi connectivity index (χ1n) is 9.05. The molecular formula is C19H27ClN4O3. The zero-order valence-corrected chi connectivity index (χ0v) is 16.4. The summed E-state index contributed by atoms with van der Waals surface area (Å²) in [5.74, 6) is -0.0106. The molecule has 0 bridgehead atoms. The number of benzene rings is 1. The molecule has 148 valence electrons. The smallest absolute Gasteiger partial charge is 0.221 e. The molecule has 0 atom stereocenters. The van der Waals surface area contributed by atoms with Crippen LogP contribution in [0.2, 0.25) is 0 Å². The Labute approximate surface area is 164 Å². The summed E-state index contributed by atoms with van der Waals surface area (Å²) >= 11 is 0. The van der Waals surface area contributed by atoms with Gasteiger partial charge in [0.25, 0.3) is 0 Å². The first-order valence-corrected chi connectivity index (χ1v) is 9.05. The van der Waals surface area contributed by atoms with E-state index in [1.54, 1.807) is 17.9 Å². The van der Waals surface area contributed by atoms with Crippen molar-refractivity contribution >= 4 is 29.2 Å². The van der Waals surface area contributed by atoms with Gasteiger partial charge in [-0.1, -0.05) is 12.1 Å². The second kappa shape index (κ2) is 9.82. The van der Waals surface area contributed by atoms with Gasteiger partial charge in [-0.15, -0.1) is 12.4 Å². The van der Waals surface area contributed by atoms with E-state index in [4.69, 9.17) is 4.74 Å². The number of hydrogen-bond acceptors (Lipinski definition) is 5. The molecule has 2 heterocycles. The second-order valence-corrected chi connectivity index (χ2v) is 6.96. The van der Waals surface area contributed by atoms with Crippen molar-refractivity contribution in [3.05, 3.63) is 40.7 Å². The summed E-state index contributed by atoms with van der Waals surface area (Å²) in [5.41, 5.74) is 0.661. The topological polar surface area (TPSA) is 85.2 Å². The van der Waals surface area contributed by atoms with Crippen molar-refractivity contribution in [2.45, 2.75) is 25.8 Å². The van der Waals surface area contributed by atoms with Gasteiger partial charge >= 0.3 is 0 Å². The first-order chi connectivity index (χ1) is 12.6. The summed E-state index contributed by atoms with van der Waals surface area (Å²) in [6.07, 6.45) is 3.62. The molecule has 0 aliphatic carbocycles. The maximum Gasteiger partial charge on any atom is 0.221 e. The average molecular weight is 395 g/mol. The van der Waals surface area contributed by atoms with Crippen molar-refractivity contribution in [3.8, 4) is 0 Å². The quantitative estimate of drug-likeness (QED) is 0.740. The van der Waals surface area contributed by atoms with Crippen LogP contribution >= 0.6 is 12.4 Å². The number of nitrogens with zero attached hydrogens (tertiary/aromatic N) is 2. The van der Waals surface area contributed by atoms with Crippen molar-refractivity contribution < 1.29 is 9.53 Å². The van der Waals surface area contributed by atoms with Crippen LogP contribution < -0.4 is 16.1 Å². The minimum Gasteiger partial charge on any atom is -0.384 e. The molecule has 27 heavy (non-hydrogen) atoms. The number of methoxy groups -OCH3 is 1. The predicted octanol–water partition coefficient (Wildman–Crippen LogP) is 1.34. The highest BCUT2D eigenvalue weighted by Crippen LogP contribution is 2.28. The van der Waals surface area contributed by atoms with Crippen LogP contribution in [0, 0.1) is 5.41 Å². The lowest BCUT2D eigenvalue weighted by Crippen LogP contribution is -2.47. The van der Waals surface area contributed by atoms with Crippen LogP contribution in [0.15, 0.2) is 35.3 Å². The molecule has 1 amide bonds. The average Bonchev–Trinajstić information content (AvgIpc) is 2.67. The lowest BCUT2D eigenvalue weighted by atomic mass is 9.79. The highest BCUT2D eigenvalue weighted by molar-refractivity contribution is 5.85. The molecular weight excluding hydrogens is 368 g/mol. The van der Waals surface area contributed by atoms with Crippen LogP contribution in [0.4, 0.5) is 0 Å². The van der Waals surface area contributed by atoms with Crippen molar-refractivity contribution in [3.63, 3.8) is 0 Å². The highest BCUT2D eigenvalue weighted by atomic mass is 35.5. The number of carbonyl (C=O) groups excluding carboxylic acids is 1. The Balaban J connectivity index is 0.00000261. The summed E-state index contributed by atoms with van der Waals surface area (Å²) in [4.78, 5) is 24.2. The van der Waals surface area contributed by atoms with E-state index in [0.717, 1.165) is 31.4 Å². The lowest BCUT2D eigenvalue weighted by Gasteiger charge is -2.37. The Hall–Kier alpha value is -1.96. The molecule has 2 aromatic rings. The fourth-order valence-electron chi connectivity index (χ4n) is 3.56. The molecule has 0 saturated carbocycles. The molecule has 1 aliphatic heterocycles. The van der Waals surface area contributed by atoms with Gasteiger partial charge in [-0.05, 0) is 38.1 Å². The Bertz CT molecular complexity index is 812. The monoisotopic (exact) mass is 394 g/mol. The fourth-order valence-corrected chi connectivity index (χ4v) is 3.56. The van der Waals surface area contributed by atoms with E-state index < -0.39 is 0 Å². The number of fused-ring (bicyclic) bond motifs is 1. The summed E-state index contributed by atoms with van der Waals surface area (Å²) in [6, 6.07) is 7.33. The van der Waals surface area contributed by atoms with Crippen molar-refractivity contribution in [1.82, 2.24) is 20.4 Å². The maximum atomic E-state index is 12.3. The third-order valence-corrected chi connectivity index (χ3v) is 5.09. The van der Waals surface area contributed by atoms with Crippen molar-refractivity contribution in [1.29, 1.82) is 0 Å². The Morgan fingerprint density at radius 1 is 1.33 bits per heavy atom. The maximum absolute atomic E-state index is 12.3. The van der Waals surface area contributed by atoms with Crippen LogP contribution in [-0.4, -0.2) is 49.0 Å². The molecule has 1 aromatic heterocycles. The second-order valence-electron chi connectivity index (χ2n) is 6.96. The van der Waals surface area contributed by atoms with Gasteiger partial charge in [0, 0.05) is 30.9 Å². The molecule has 1 fully saturated rings. The van der Waals surface area contributed by atoms with E-state index in [-0.39, 0.29) is 29.2 Å². The number of hydrogen-bond donors (Lipinski definition) is 2. The Morgan fingerprint density at radius 2 is 2.07 bits per heavy atom. The molecule has 3 rings (SSSR count). The predicted molar refractivity (Wildman–Crippen MR) is 107 cm³/mol. The number of carbonyl (C=O) groups is 1. The van der Waals surface area contributed by atoms with E-state index in [1.165, 1.54) is 6.20 Å². The zero-order chi connectivity index (χ0) is 18.4. The first kappa shape index (κ1) is 21.3. The van der Waals surface area contributed by atoms with Gasteiger partial charge in [-0.3, -0.25) is 14.3 Å². The van der Waals surface area contributed by atoms with Crippen LogP contribution in [0.1, 0.15) is 19.3 Å². The fraction of sp³-hybridized carbons (Fsp3) is 0.526. The molecule has 8 heteroatoms. The Kier molecular flexibility index (Phi) is 7.77.